The molecule has 2 aromatic heterocycles. The summed E-state index contributed by atoms with van der Waals surface area (Å²) >= 11 is 0. The van der Waals surface area contributed by atoms with Crippen molar-refractivity contribution in [2.24, 2.45) is 5.92 Å². The summed E-state index contributed by atoms with van der Waals surface area (Å²) in [5.74, 6) is 1.16. The van der Waals surface area contributed by atoms with Crippen LogP contribution in [0.3, 0.4) is 0 Å². The second-order valence-corrected chi connectivity index (χ2v) is 11.1. The fraction of sp³-hybridized carbons (Fsp3) is 0.607. The molecule has 8 heteroatoms. The molecule has 3 aromatic rings. The maximum absolute atomic E-state index is 14.0. The molecule has 1 aliphatic heterocycles. The summed E-state index contributed by atoms with van der Waals surface area (Å²) < 4.78 is 1.90. The molecular weight excluding hydrogens is 452 g/mol. The van der Waals surface area contributed by atoms with Crippen LogP contribution in [0.2, 0.25) is 0 Å². The Morgan fingerprint density at radius 2 is 1.81 bits per heavy atom. The van der Waals surface area contributed by atoms with Gasteiger partial charge >= 0.3 is 0 Å². The van der Waals surface area contributed by atoms with Crippen molar-refractivity contribution in [3.63, 3.8) is 0 Å². The Balaban J connectivity index is 1.56. The van der Waals surface area contributed by atoms with Gasteiger partial charge in [0.25, 0.3) is 5.56 Å². The molecule has 5 rings (SSSR count). The van der Waals surface area contributed by atoms with Gasteiger partial charge in [0.1, 0.15) is 5.65 Å². The number of aliphatic hydroxyl groups is 1. The molecule has 8 nitrogen and oxygen atoms in total. The van der Waals surface area contributed by atoms with Crippen LogP contribution in [0.15, 0.2) is 29.2 Å². The Morgan fingerprint density at radius 3 is 2.53 bits per heavy atom. The SMILES string of the molecule is CC(C)CCNc1ncc2c3ccc(CN4CCN(C)CC4)cc3c(=O)n(C3CCC(O)CC3)c2n1. The van der Waals surface area contributed by atoms with Crippen LogP contribution in [0.1, 0.15) is 57.6 Å². The van der Waals surface area contributed by atoms with E-state index < -0.39 is 0 Å². The first-order chi connectivity index (χ1) is 17.4. The summed E-state index contributed by atoms with van der Waals surface area (Å²) in [5.41, 5.74) is 1.88. The zero-order valence-electron chi connectivity index (χ0n) is 21.9. The number of anilines is 1. The highest BCUT2D eigenvalue weighted by Gasteiger charge is 2.25. The fourth-order valence-corrected chi connectivity index (χ4v) is 5.55. The van der Waals surface area contributed by atoms with Gasteiger partial charge in [0.05, 0.1) is 6.10 Å². The van der Waals surface area contributed by atoms with E-state index in [9.17, 15) is 9.90 Å². The number of hydrogen-bond acceptors (Lipinski definition) is 7. The van der Waals surface area contributed by atoms with E-state index in [0.717, 1.165) is 74.7 Å². The first kappa shape index (κ1) is 25.1. The molecule has 0 amide bonds. The number of likely N-dealkylation sites (N-methyl/N-ethyl adjacent to an activating group) is 1. The van der Waals surface area contributed by atoms with E-state index in [1.165, 1.54) is 5.56 Å². The molecule has 2 aliphatic rings. The van der Waals surface area contributed by atoms with Crippen LogP contribution >= 0.6 is 0 Å². The van der Waals surface area contributed by atoms with Crippen molar-refractivity contribution < 1.29 is 5.11 Å². The van der Waals surface area contributed by atoms with E-state index >= 15 is 0 Å². The molecule has 36 heavy (non-hydrogen) atoms. The summed E-state index contributed by atoms with van der Waals surface area (Å²) in [4.78, 5) is 28.3. The van der Waals surface area contributed by atoms with Crippen LogP contribution in [-0.4, -0.2) is 75.3 Å². The van der Waals surface area contributed by atoms with E-state index in [1.807, 2.05) is 10.8 Å². The molecule has 1 saturated heterocycles. The Morgan fingerprint density at radius 1 is 1.06 bits per heavy atom. The molecule has 0 radical (unpaired) electrons. The third-order valence-electron chi connectivity index (χ3n) is 7.86. The lowest BCUT2D eigenvalue weighted by Crippen LogP contribution is -2.43. The van der Waals surface area contributed by atoms with Gasteiger partial charge in [0, 0.05) is 62.3 Å². The minimum atomic E-state index is -0.276. The van der Waals surface area contributed by atoms with Crippen molar-refractivity contribution >= 4 is 27.8 Å². The van der Waals surface area contributed by atoms with Gasteiger partial charge in [-0.05, 0) is 62.1 Å². The van der Waals surface area contributed by atoms with E-state index in [0.29, 0.717) is 30.4 Å². The van der Waals surface area contributed by atoms with Crippen LogP contribution in [0.4, 0.5) is 5.95 Å². The second kappa shape index (κ2) is 10.8. The Kier molecular flexibility index (Phi) is 7.55. The van der Waals surface area contributed by atoms with Gasteiger partial charge in [-0.1, -0.05) is 26.0 Å². The average Bonchev–Trinajstić information content (AvgIpc) is 2.86. The summed E-state index contributed by atoms with van der Waals surface area (Å²) in [7, 11) is 2.17. The Hall–Kier alpha value is -2.55. The second-order valence-electron chi connectivity index (χ2n) is 11.1. The molecular formula is C28H40N6O2. The van der Waals surface area contributed by atoms with Crippen molar-refractivity contribution in [1.82, 2.24) is 24.3 Å². The maximum atomic E-state index is 14.0. The molecule has 2 fully saturated rings. The zero-order chi connectivity index (χ0) is 25.2. The zero-order valence-corrected chi connectivity index (χ0v) is 21.9. The smallest absolute Gasteiger partial charge is 0.260 e. The Bertz CT molecular complexity index is 1260. The maximum Gasteiger partial charge on any atom is 0.260 e. The molecule has 2 N–H and O–H groups in total. The number of aromatic nitrogens is 3. The van der Waals surface area contributed by atoms with Gasteiger partial charge in [0.2, 0.25) is 5.95 Å². The fourth-order valence-electron chi connectivity index (χ4n) is 5.55. The molecule has 1 aliphatic carbocycles. The highest BCUT2D eigenvalue weighted by Crippen LogP contribution is 2.32. The third kappa shape index (κ3) is 5.41. The topological polar surface area (TPSA) is 86.5 Å². The van der Waals surface area contributed by atoms with Gasteiger partial charge in [-0.15, -0.1) is 0 Å². The number of aliphatic hydroxyl groups excluding tert-OH is 1. The normalized spacial score (nSPS) is 22.0. The van der Waals surface area contributed by atoms with Crippen LogP contribution in [0, 0.1) is 5.92 Å². The molecule has 0 spiro atoms. The standard InChI is InChI=1S/C28H40N6O2/c1-19(2)10-11-29-28-30-17-25-23-9-4-20(18-33-14-12-32(3)13-15-33)16-24(23)27(36)34(26(25)31-28)21-5-7-22(35)8-6-21/h4,9,16-17,19,21-22,35H,5-8,10-15,18H2,1-3H3,(H,29,30,31). The molecule has 0 unspecified atom stereocenters. The van der Waals surface area contributed by atoms with E-state index in [-0.39, 0.29) is 17.7 Å². The van der Waals surface area contributed by atoms with E-state index in [4.69, 9.17) is 4.98 Å². The van der Waals surface area contributed by atoms with Gasteiger partial charge in [0.15, 0.2) is 0 Å². The number of pyridine rings is 1. The monoisotopic (exact) mass is 492 g/mol. The number of rotatable bonds is 7. The van der Waals surface area contributed by atoms with Gasteiger partial charge in [-0.2, -0.15) is 4.98 Å². The molecule has 194 valence electrons. The molecule has 0 atom stereocenters. The lowest BCUT2D eigenvalue weighted by Gasteiger charge is -2.32. The molecule has 0 bridgehead atoms. The van der Waals surface area contributed by atoms with E-state index in [2.05, 4.69) is 59.2 Å². The third-order valence-corrected chi connectivity index (χ3v) is 7.86. The summed E-state index contributed by atoms with van der Waals surface area (Å²) in [5, 5.41) is 16.0. The van der Waals surface area contributed by atoms with Crippen molar-refractivity contribution in [3.8, 4) is 0 Å². The summed E-state index contributed by atoms with van der Waals surface area (Å²) in [6.07, 6.45) is 5.61. The number of fused-ring (bicyclic) bond motifs is 3. The highest BCUT2D eigenvalue weighted by molar-refractivity contribution is 6.04. The molecule has 1 aromatic carbocycles. The van der Waals surface area contributed by atoms with Gasteiger partial charge in [-0.3, -0.25) is 14.3 Å². The minimum absolute atomic E-state index is 0.0194. The predicted molar refractivity (Wildman–Crippen MR) is 146 cm³/mol. The number of hydrogen-bond donors (Lipinski definition) is 2. The molecule has 3 heterocycles. The van der Waals surface area contributed by atoms with Crippen LogP contribution < -0.4 is 10.9 Å². The molecule has 1 saturated carbocycles. The van der Waals surface area contributed by atoms with Crippen molar-refractivity contribution in [2.75, 3.05) is 45.1 Å². The lowest BCUT2D eigenvalue weighted by atomic mass is 9.92. The van der Waals surface area contributed by atoms with Crippen molar-refractivity contribution in [1.29, 1.82) is 0 Å². The first-order valence-electron chi connectivity index (χ1n) is 13.6. The largest absolute Gasteiger partial charge is 0.393 e. The first-order valence-corrected chi connectivity index (χ1v) is 13.6. The Labute approximate surface area is 213 Å². The van der Waals surface area contributed by atoms with Crippen LogP contribution in [0.25, 0.3) is 21.8 Å². The number of nitrogens with zero attached hydrogens (tertiary/aromatic N) is 5. The quantitative estimate of drug-likeness (QED) is 0.487. The predicted octanol–water partition coefficient (Wildman–Crippen LogP) is 3.63. The van der Waals surface area contributed by atoms with Crippen LogP contribution in [-0.2, 0) is 6.54 Å². The summed E-state index contributed by atoms with van der Waals surface area (Å²) in [6.45, 7) is 10.3. The number of nitrogens with one attached hydrogen (secondary N) is 1. The highest BCUT2D eigenvalue weighted by atomic mass is 16.3. The number of piperazine rings is 1. The van der Waals surface area contributed by atoms with Gasteiger partial charge < -0.3 is 15.3 Å². The minimum Gasteiger partial charge on any atom is -0.393 e. The van der Waals surface area contributed by atoms with E-state index in [1.54, 1.807) is 0 Å². The van der Waals surface area contributed by atoms with Gasteiger partial charge in [-0.25, -0.2) is 4.98 Å². The number of benzene rings is 1. The summed E-state index contributed by atoms with van der Waals surface area (Å²) in [6, 6.07) is 6.34. The average molecular weight is 493 g/mol. The lowest BCUT2D eigenvalue weighted by molar-refractivity contribution is 0.111. The van der Waals surface area contributed by atoms with Crippen molar-refractivity contribution in [2.45, 2.75) is 64.6 Å². The van der Waals surface area contributed by atoms with Crippen molar-refractivity contribution in [3.05, 3.63) is 40.3 Å². The van der Waals surface area contributed by atoms with Crippen LogP contribution in [0.5, 0.6) is 0 Å².